The number of pyridine rings is 1. The molecule has 0 aliphatic carbocycles. The first-order chi connectivity index (χ1) is 8.56. The standard InChI is InChI=1S/C12H16N4OS/c1-7-2-4-9(11(13)18)12(15-7)16-8-3-5-10(17)14-6-8/h2,4,8H,3,5-6H2,1H3,(H2,13,18)(H,14,17)(H,15,16). The molecule has 0 spiro atoms. The van der Waals surface area contributed by atoms with Crippen molar-refractivity contribution in [1.29, 1.82) is 0 Å². The maximum absolute atomic E-state index is 11.1. The number of aryl methyl sites for hydroxylation is 1. The van der Waals surface area contributed by atoms with E-state index < -0.39 is 0 Å². The minimum Gasteiger partial charge on any atom is -0.389 e. The van der Waals surface area contributed by atoms with Gasteiger partial charge in [-0.3, -0.25) is 4.79 Å². The Bertz CT molecular complexity index is 479. The summed E-state index contributed by atoms with van der Waals surface area (Å²) < 4.78 is 0. The van der Waals surface area contributed by atoms with E-state index in [-0.39, 0.29) is 11.9 Å². The van der Waals surface area contributed by atoms with Gasteiger partial charge in [0.15, 0.2) is 0 Å². The van der Waals surface area contributed by atoms with E-state index in [1.54, 1.807) is 0 Å². The first kappa shape index (κ1) is 12.8. The van der Waals surface area contributed by atoms with Crippen molar-refractivity contribution in [2.75, 3.05) is 11.9 Å². The van der Waals surface area contributed by atoms with Gasteiger partial charge in [0.1, 0.15) is 10.8 Å². The van der Waals surface area contributed by atoms with Crippen LogP contribution in [0.15, 0.2) is 12.1 Å². The fourth-order valence-electron chi connectivity index (χ4n) is 1.91. The van der Waals surface area contributed by atoms with Crippen LogP contribution in [-0.4, -0.2) is 28.5 Å². The lowest BCUT2D eigenvalue weighted by Gasteiger charge is -2.25. The third-order valence-corrected chi connectivity index (χ3v) is 3.13. The summed E-state index contributed by atoms with van der Waals surface area (Å²) >= 11 is 5.01. The Labute approximate surface area is 111 Å². The smallest absolute Gasteiger partial charge is 0.220 e. The van der Waals surface area contributed by atoms with Gasteiger partial charge in [-0.1, -0.05) is 12.2 Å². The van der Waals surface area contributed by atoms with Gasteiger partial charge in [0.05, 0.1) is 5.56 Å². The van der Waals surface area contributed by atoms with Crippen molar-refractivity contribution >= 4 is 28.9 Å². The predicted octanol–water partition coefficient (Wildman–Crippen LogP) is 0.715. The SMILES string of the molecule is Cc1ccc(C(N)=S)c(NC2CCC(=O)NC2)n1. The Morgan fingerprint density at radius 3 is 3.00 bits per heavy atom. The van der Waals surface area contributed by atoms with Gasteiger partial charge in [-0.15, -0.1) is 0 Å². The molecule has 6 heteroatoms. The summed E-state index contributed by atoms with van der Waals surface area (Å²) in [6, 6.07) is 3.92. The molecule has 1 aliphatic heterocycles. The molecule has 1 saturated heterocycles. The number of anilines is 1. The minimum absolute atomic E-state index is 0.0971. The van der Waals surface area contributed by atoms with E-state index in [1.807, 2.05) is 19.1 Å². The average molecular weight is 264 g/mol. The van der Waals surface area contributed by atoms with Gasteiger partial charge in [-0.25, -0.2) is 4.98 Å². The number of hydrogen-bond acceptors (Lipinski definition) is 4. The van der Waals surface area contributed by atoms with E-state index >= 15 is 0 Å². The summed E-state index contributed by atoms with van der Waals surface area (Å²) in [6.45, 7) is 2.52. The number of nitrogens with two attached hydrogens (primary N) is 1. The lowest BCUT2D eigenvalue weighted by atomic mass is 10.1. The zero-order valence-electron chi connectivity index (χ0n) is 10.2. The summed E-state index contributed by atoms with van der Waals surface area (Å²) in [6.07, 6.45) is 1.32. The van der Waals surface area contributed by atoms with E-state index in [0.29, 0.717) is 23.8 Å². The Morgan fingerprint density at radius 2 is 2.39 bits per heavy atom. The number of nitrogens with one attached hydrogen (secondary N) is 2. The van der Waals surface area contributed by atoms with Crippen LogP contribution in [-0.2, 0) is 4.79 Å². The summed E-state index contributed by atoms with van der Waals surface area (Å²) in [7, 11) is 0. The molecule has 0 saturated carbocycles. The second kappa shape index (κ2) is 5.30. The van der Waals surface area contributed by atoms with E-state index in [0.717, 1.165) is 17.7 Å². The summed E-state index contributed by atoms with van der Waals surface area (Å²) in [5, 5.41) is 6.12. The van der Waals surface area contributed by atoms with Crippen molar-refractivity contribution in [2.45, 2.75) is 25.8 Å². The van der Waals surface area contributed by atoms with Crippen molar-refractivity contribution in [3.63, 3.8) is 0 Å². The van der Waals surface area contributed by atoms with Gasteiger partial charge in [0, 0.05) is 24.7 Å². The van der Waals surface area contributed by atoms with E-state index in [1.165, 1.54) is 0 Å². The number of thiocarbonyl (C=S) groups is 1. The van der Waals surface area contributed by atoms with Crippen molar-refractivity contribution in [3.05, 3.63) is 23.4 Å². The van der Waals surface area contributed by atoms with Crippen LogP contribution in [0.5, 0.6) is 0 Å². The second-order valence-electron chi connectivity index (χ2n) is 4.40. The van der Waals surface area contributed by atoms with Crippen LogP contribution in [0.25, 0.3) is 0 Å². The first-order valence-corrected chi connectivity index (χ1v) is 6.28. The van der Waals surface area contributed by atoms with Gasteiger partial charge < -0.3 is 16.4 Å². The summed E-state index contributed by atoms with van der Waals surface area (Å²) in [5.74, 6) is 0.795. The highest BCUT2D eigenvalue weighted by Crippen LogP contribution is 2.16. The number of amides is 1. The molecule has 0 bridgehead atoms. The number of hydrogen-bond donors (Lipinski definition) is 3. The van der Waals surface area contributed by atoms with Gasteiger partial charge >= 0.3 is 0 Å². The fraction of sp³-hybridized carbons (Fsp3) is 0.417. The van der Waals surface area contributed by atoms with Crippen LogP contribution in [0, 0.1) is 6.92 Å². The van der Waals surface area contributed by atoms with Crippen LogP contribution >= 0.6 is 12.2 Å². The number of piperidine rings is 1. The zero-order chi connectivity index (χ0) is 13.1. The third kappa shape index (κ3) is 2.95. The van der Waals surface area contributed by atoms with Crippen molar-refractivity contribution in [2.24, 2.45) is 5.73 Å². The maximum atomic E-state index is 11.1. The van der Waals surface area contributed by atoms with Gasteiger partial charge in [-0.2, -0.15) is 0 Å². The quantitative estimate of drug-likeness (QED) is 0.701. The number of rotatable bonds is 3. The Hall–Kier alpha value is -1.69. The van der Waals surface area contributed by atoms with Crippen molar-refractivity contribution in [1.82, 2.24) is 10.3 Å². The molecular weight excluding hydrogens is 248 g/mol. The Balaban J connectivity index is 2.15. The van der Waals surface area contributed by atoms with E-state index in [2.05, 4.69) is 15.6 Å². The highest BCUT2D eigenvalue weighted by Gasteiger charge is 2.19. The van der Waals surface area contributed by atoms with Crippen LogP contribution in [0.3, 0.4) is 0 Å². The van der Waals surface area contributed by atoms with Crippen molar-refractivity contribution < 1.29 is 4.79 Å². The molecule has 0 aromatic carbocycles. The molecule has 1 amide bonds. The first-order valence-electron chi connectivity index (χ1n) is 5.87. The molecule has 1 aliphatic rings. The monoisotopic (exact) mass is 264 g/mol. The summed E-state index contributed by atoms with van der Waals surface area (Å²) in [4.78, 5) is 15.8. The molecule has 96 valence electrons. The molecule has 5 nitrogen and oxygen atoms in total. The molecule has 1 atom stereocenters. The molecule has 2 rings (SSSR count). The second-order valence-corrected chi connectivity index (χ2v) is 4.84. The lowest BCUT2D eigenvalue weighted by Crippen LogP contribution is -2.42. The molecule has 1 unspecified atom stereocenters. The average Bonchev–Trinajstić information content (AvgIpc) is 2.32. The molecule has 1 aromatic heterocycles. The van der Waals surface area contributed by atoms with Gasteiger partial charge in [0.2, 0.25) is 5.91 Å². The highest BCUT2D eigenvalue weighted by molar-refractivity contribution is 7.80. The molecule has 0 radical (unpaired) electrons. The minimum atomic E-state index is 0.0971. The molecule has 18 heavy (non-hydrogen) atoms. The number of aromatic nitrogens is 1. The molecule has 2 heterocycles. The molecule has 1 aromatic rings. The summed E-state index contributed by atoms with van der Waals surface area (Å²) in [5.41, 5.74) is 7.32. The van der Waals surface area contributed by atoms with E-state index in [4.69, 9.17) is 18.0 Å². The lowest BCUT2D eigenvalue weighted by molar-refractivity contribution is -0.122. The third-order valence-electron chi connectivity index (χ3n) is 2.91. The fourth-order valence-corrected chi connectivity index (χ4v) is 2.08. The number of carbonyl (C=O) groups excluding carboxylic acids is 1. The zero-order valence-corrected chi connectivity index (χ0v) is 11.0. The van der Waals surface area contributed by atoms with E-state index in [9.17, 15) is 4.79 Å². The highest BCUT2D eigenvalue weighted by atomic mass is 32.1. The van der Waals surface area contributed by atoms with Crippen molar-refractivity contribution in [3.8, 4) is 0 Å². The molecule has 4 N–H and O–H groups in total. The maximum Gasteiger partial charge on any atom is 0.220 e. The Kier molecular flexibility index (Phi) is 3.76. The molecule has 1 fully saturated rings. The normalized spacial score (nSPS) is 19.2. The topological polar surface area (TPSA) is 80.0 Å². The number of nitrogens with zero attached hydrogens (tertiary/aromatic N) is 1. The number of carbonyl (C=O) groups is 1. The van der Waals surface area contributed by atoms with Crippen LogP contribution in [0.2, 0.25) is 0 Å². The Morgan fingerprint density at radius 1 is 1.61 bits per heavy atom. The van der Waals surface area contributed by atoms with Crippen LogP contribution < -0.4 is 16.4 Å². The van der Waals surface area contributed by atoms with Gasteiger partial charge in [0.25, 0.3) is 0 Å². The van der Waals surface area contributed by atoms with Crippen LogP contribution in [0.4, 0.5) is 5.82 Å². The van der Waals surface area contributed by atoms with Gasteiger partial charge in [-0.05, 0) is 25.5 Å². The van der Waals surface area contributed by atoms with Crippen LogP contribution in [0.1, 0.15) is 24.1 Å². The molecular formula is C12H16N4OS. The largest absolute Gasteiger partial charge is 0.389 e. The predicted molar refractivity (Wildman–Crippen MR) is 74.5 cm³/mol.